The zero-order valence-electron chi connectivity index (χ0n) is 7.98. The maximum Gasteiger partial charge on any atom is 0.263 e. The van der Waals surface area contributed by atoms with Gasteiger partial charge < -0.3 is 4.90 Å². The minimum Gasteiger partial charge on any atom is -0.301 e. The molecule has 12 heavy (non-hydrogen) atoms. The number of hydrogen-bond acceptors (Lipinski definition) is 1. The smallest absolute Gasteiger partial charge is 0.263 e. The first-order valence-corrected chi connectivity index (χ1v) is 4.50. The number of rotatable bonds is 1. The monoisotopic (exact) mass is 177 g/mol. The van der Waals surface area contributed by atoms with Gasteiger partial charge >= 0.3 is 0 Å². The first-order chi connectivity index (χ1) is 5.43. The minimum atomic E-state index is -2.48. The van der Waals surface area contributed by atoms with Gasteiger partial charge in [0.05, 0.1) is 6.54 Å². The summed E-state index contributed by atoms with van der Waals surface area (Å²) in [5, 5.41) is 0. The van der Waals surface area contributed by atoms with Crippen LogP contribution in [-0.2, 0) is 0 Å². The van der Waals surface area contributed by atoms with E-state index in [4.69, 9.17) is 0 Å². The van der Waals surface area contributed by atoms with Crippen LogP contribution in [0.3, 0.4) is 0 Å². The molecule has 0 N–H and O–H groups in total. The molecule has 1 nitrogen and oxygen atoms in total. The minimum absolute atomic E-state index is 0.0736. The zero-order valence-corrected chi connectivity index (χ0v) is 7.98. The van der Waals surface area contributed by atoms with Crippen LogP contribution in [0.1, 0.15) is 20.3 Å². The molecule has 1 aliphatic heterocycles. The van der Waals surface area contributed by atoms with Crippen molar-refractivity contribution >= 4 is 0 Å². The summed E-state index contributed by atoms with van der Waals surface area (Å²) >= 11 is 0. The maximum absolute atomic E-state index is 13.3. The highest BCUT2D eigenvalue weighted by atomic mass is 19.3. The Bertz CT molecular complexity index is 157. The summed E-state index contributed by atoms with van der Waals surface area (Å²) in [6.45, 7) is 4.49. The average molecular weight is 177 g/mol. The quantitative estimate of drug-likeness (QED) is 0.593. The van der Waals surface area contributed by atoms with Gasteiger partial charge in [0.2, 0.25) is 0 Å². The highest BCUT2D eigenvalue weighted by molar-refractivity contribution is 4.86. The molecule has 0 radical (unpaired) electrons. The van der Waals surface area contributed by atoms with Crippen LogP contribution >= 0.6 is 0 Å². The van der Waals surface area contributed by atoms with Gasteiger partial charge in [0.15, 0.2) is 0 Å². The van der Waals surface area contributed by atoms with Crippen molar-refractivity contribution in [2.24, 2.45) is 11.8 Å². The summed E-state index contributed by atoms with van der Waals surface area (Å²) in [7, 11) is 1.75. The Morgan fingerprint density at radius 1 is 1.42 bits per heavy atom. The fourth-order valence-corrected chi connectivity index (χ4v) is 1.95. The van der Waals surface area contributed by atoms with E-state index in [0.717, 1.165) is 6.54 Å². The van der Waals surface area contributed by atoms with E-state index < -0.39 is 11.8 Å². The van der Waals surface area contributed by atoms with E-state index in [1.165, 1.54) is 0 Å². The lowest BCUT2D eigenvalue weighted by Crippen LogP contribution is -2.48. The van der Waals surface area contributed by atoms with Crippen molar-refractivity contribution in [1.29, 1.82) is 0 Å². The van der Waals surface area contributed by atoms with Crippen LogP contribution in [0, 0.1) is 11.8 Å². The molecule has 0 saturated carbocycles. The van der Waals surface area contributed by atoms with E-state index in [2.05, 4.69) is 0 Å². The molecule has 0 aromatic carbocycles. The Hall–Kier alpha value is -0.180. The number of hydrogen-bond donors (Lipinski definition) is 0. The van der Waals surface area contributed by atoms with Gasteiger partial charge in [-0.2, -0.15) is 0 Å². The molecule has 0 unspecified atom stereocenters. The first kappa shape index (κ1) is 9.90. The molecule has 1 aliphatic rings. The van der Waals surface area contributed by atoms with Crippen LogP contribution in [0.5, 0.6) is 0 Å². The van der Waals surface area contributed by atoms with Gasteiger partial charge in [-0.3, -0.25) is 0 Å². The fraction of sp³-hybridized carbons (Fsp3) is 1.00. The largest absolute Gasteiger partial charge is 0.301 e. The number of piperidine rings is 1. The molecule has 0 aliphatic carbocycles. The molecule has 1 saturated heterocycles. The summed E-state index contributed by atoms with van der Waals surface area (Å²) in [5.41, 5.74) is 0. The highest BCUT2D eigenvalue weighted by Gasteiger charge is 2.44. The predicted octanol–water partition coefficient (Wildman–Crippen LogP) is 2.23. The molecule has 0 aromatic rings. The van der Waals surface area contributed by atoms with Crippen LogP contribution in [0.25, 0.3) is 0 Å². The molecule has 0 amide bonds. The topological polar surface area (TPSA) is 3.24 Å². The van der Waals surface area contributed by atoms with Crippen molar-refractivity contribution in [1.82, 2.24) is 4.90 Å². The van der Waals surface area contributed by atoms with Gasteiger partial charge in [-0.05, 0) is 25.9 Å². The third kappa shape index (κ3) is 1.94. The molecule has 0 aromatic heterocycles. The van der Waals surface area contributed by atoms with Crippen LogP contribution in [-0.4, -0.2) is 31.0 Å². The lowest BCUT2D eigenvalue weighted by molar-refractivity contribution is -0.119. The zero-order chi connectivity index (χ0) is 9.35. The van der Waals surface area contributed by atoms with Gasteiger partial charge in [0.1, 0.15) is 0 Å². The highest BCUT2D eigenvalue weighted by Crippen LogP contribution is 2.36. The molecular weight excluding hydrogens is 160 g/mol. The molecular formula is C9H17F2N. The standard InChI is InChI=1S/C9H17F2N/c1-7(2)8-4-5-12(3)6-9(8,10)11/h7-8H,4-6H2,1-3H3/t8-/m0/s1. The predicted molar refractivity (Wildman–Crippen MR) is 45.4 cm³/mol. The van der Waals surface area contributed by atoms with Crippen molar-refractivity contribution < 1.29 is 8.78 Å². The van der Waals surface area contributed by atoms with Crippen LogP contribution in [0.4, 0.5) is 8.78 Å². The second-order valence-corrected chi connectivity index (χ2v) is 4.14. The third-order valence-corrected chi connectivity index (χ3v) is 2.65. The van der Waals surface area contributed by atoms with Crippen molar-refractivity contribution in [2.45, 2.75) is 26.2 Å². The molecule has 72 valence electrons. The number of halogens is 2. The number of likely N-dealkylation sites (tertiary alicyclic amines) is 1. The Balaban J connectivity index is 2.64. The van der Waals surface area contributed by atoms with E-state index in [1.54, 1.807) is 11.9 Å². The van der Waals surface area contributed by atoms with Gasteiger partial charge in [0.25, 0.3) is 5.92 Å². The summed E-state index contributed by atoms with van der Waals surface area (Å²) in [6.07, 6.45) is 0.626. The third-order valence-electron chi connectivity index (χ3n) is 2.65. The van der Waals surface area contributed by atoms with E-state index in [1.807, 2.05) is 13.8 Å². The normalized spacial score (nSPS) is 31.0. The van der Waals surface area contributed by atoms with Crippen molar-refractivity contribution in [3.05, 3.63) is 0 Å². The van der Waals surface area contributed by atoms with Crippen molar-refractivity contribution in [2.75, 3.05) is 20.1 Å². The number of nitrogens with zero attached hydrogens (tertiary/aromatic N) is 1. The van der Waals surface area contributed by atoms with Crippen molar-refractivity contribution in [3.8, 4) is 0 Å². The Morgan fingerprint density at radius 3 is 2.42 bits per heavy atom. The van der Waals surface area contributed by atoms with E-state index in [-0.39, 0.29) is 12.5 Å². The SMILES string of the molecule is CC(C)[C@@H]1CCN(C)CC1(F)F. The molecule has 3 heteroatoms. The first-order valence-electron chi connectivity index (χ1n) is 4.50. The Kier molecular flexibility index (Phi) is 2.71. The van der Waals surface area contributed by atoms with Gasteiger partial charge in [-0.15, -0.1) is 0 Å². The summed E-state index contributed by atoms with van der Waals surface area (Å²) in [6, 6.07) is 0. The fourth-order valence-electron chi connectivity index (χ4n) is 1.95. The second-order valence-electron chi connectivity index (χ2n) is 4.14. The van der Waals surface area contributed by atoms with Crippen LogP contribution < -0.4 is 0 Å². The summed E-state index contributed by atoms with van der Waals surface area (Å²) in [5.74, 6) is -2.82. The lowest BCUT2D eigenvalue weighted by Gasteiger charge is -2.38. The van der Waals surface area contributed by atoms with E-state index >= 15 is 0 Å². The molecule has 0 spiro atoms. The lowest BCUT2D eigenvalue weighted by atomic mass is 9.84. The van der Waals surface area contributed by atoms with E-state index in [9.17, 15) is 8.78 Å². The second kappa shape index (κ2) is 3.29. The molecule has 0 bridgehead atoms. The maximum atomic E-state index is 13.3. The van der Waals surface area contributed by atoms with E-state index in [0.29, 0.717) is 6.42 Å². The summed E-state index contributed by atoms with van der Waals surface area (Å²) in [4.78, 5) is 1.71. The average Bonchev–Trinajstić information content (AvgIpc) is 1.82. The molecule has 1 heterocycles. The van der Waals surface area contributed by atoms with Crippen LogP contribution in [0.15, 0.2) is 0 Å². The van der Waals surface area contributed by atoms with Gasteiger partial charge in [0, 0.05) is 5.92 Å². The molecule has 1 rings (SSSR count). The molecule has 1 atom stereocenters. The van der Waals surface area contributed by atoms with Gasteiger partial charge in [-0.25, -0.2) is 8.78 Å². The summed E-state index contributed by atoms with van der Waals surface area (Å²) < 4.78 is 26.7. The van der Waals surface area contributed by atoms with Crippen molar-refractivity contribution in [3.63, 3.8) is 0 Å². The molecule has 1 fully saturated rings. The Labute approximate surface area is 72.7 Å². The van der Waals surface area contributed by atoms with Crippen LogP contribution in [0.2, 0.25) is 0 Å². The Morgan fingerprint density at radius 2 is 2.00 bits per heavy atom. The number of alkyl halides is 2. The van der Waals surface area contributed by atoms with Gasteiger partial charge in [-0.1, -0.05) is 13.8 Å².